The van der Waals surface area contributed by atoms with Crippen LogP contribution in [0.3, 0.4) is 0 Å². The van der Waals surface area contributed by atoms with Gasteiger partial charge in [-0.3, -0.25) is 4.79 Å². The number of carbonyl (C=O) groups is 1. The van der Waals surface area contributed by atoms with Gasteiger partial charge >= 0.3 is 0 Å². The van der Waals surface area contributed by atoms with Gasteiger partial charge in [-0.15, -0.1) is 0 Å². The monoisotopic (exact) mass is 268 g/mol. The second kappa shape index (κ2) is 5.91. The predicted molar refractivity (Wildman–Crippen MR) is 81.3 cm³/mol. The Morgan fingerprint density at radius 3 is 2.00 bits per heavy atom. The van der Waals surface area contributed by atoms with Gasteiger partial charge in [0, 0.05) is 11.1 Å². The number of hydrogen-bond donors (Lipinski definition) is 0. The molecule has 0 saturated carbocycles. The average molecular weight is 268 g/mol. The van der Waals surface area contributed by atoms with E-state index in [4.69, 9.17) is 4.74 Å². The first-order chi connectivity index (χ1) is 9.46. The molecule has 2 nitrogen and oxygen atoms in total. The van der Waals surface area contributed by atoms with Crippen molar-refractivity contribution in [2.45, 2.75) is 20.8 Å². The van der Waals surface area contributed by atoms with Crippen molar-refractivity contribution < 1.29 is 9.53 Å². The van der Waals surface area contributed by atoms with E-state index in [0.717, 1.165) is 5.75 Å². The smallest absolute Gasteiger partial charge is 0.193 e. The van der Waals surface area contributed by atoms with Crippen molar-refractivity contribution in [3.05, 3.63) is 65.7 Å². The van der Waals surface area contributed by atoms with Crippen molar-refractivity contribution in [1.82, 2.24) is 0 Å². The van der Waals surface area contributed by atoms with Crippen molar-refractivity contribution in [3.8, 4) is 5.75 Å². The second-order valence-corrected chi connectivity index (χ2v) is 6.07. The molecule has 0 amide bonds. The van der Waals surface area contributed by atoms with Crippen LogP contribution < -0.4 is 4.74 Å². The lowest BCUT2D eigenvalue weighted by Gasteiger charge is -2.18. The summed E-state index contributed by atoms with van der Waals surface area (Å²) in [5, 5.41) is 0. The fourth-order valence-corrected chi connectivity index (χ4v) is 1.76. The molecule has 0 radical (unpaired) electrons. The summed E-state index contributed by atoms with van der Waals surface area (Å²) in [6, 6.07) is 16.6. The summed E-state index contributed by atoms with van der Waals surface area (Å²) in [5.41, 5.74) is 1.51. The van der Waals surface area contributed by atoms with Crippen molar-refractivity contribution in [3.63, 3.8) is 0 Å². The number of ether oxygens (including phenoxy) is 1. The van der Waals surface area contributed by atoms with E-state index in [1.807, 2.05) is 54.6 Å². The Labute approximate surface area is 120 Å². The second-order valence-electron chi connectivity index (χ2n) is 6.07. The third-order valence-corrected chi connectivity index (χ3v) is 2.82. The Morgan fingerprint density at radius 2 is 1.45 bits per heavy atom. The first kappa shape index (κ1) is 14.3. The number of rotatable bonds is 4. The van der Waals surface area contributed by atoms with Crippen LogP contribution in [-0.2, 0) is 0 Å². The van der Waals surface area contributed by atoms with Gasteiger partial charge in [0.25, 0.3) is 0 Å². The minimum Gasteiger partial charge on any atom is -0.493 e. The summed E-state index contributed by atoms with van der Waals surface area (Å²) in [5.74, 6) is 0.831. The Balaban J connectivity index is 2.07. The molecule has 2 rings (SSSR count). The van der Waals surface area contributed by atoms with Crippen LogP contribution >= 0.6 is 0 Å². The molecule has 0 aliphatic rings. The minimum absolute atomic E-state index is 0.0352. The van der Waals surface area contributed by atoms with Crippen molar-refractivity contribution >= 4 is 5.78 Å². The zero-order valence-corrected chi connectivity index (χ0v) is 12.2. The highest BCUT2D eigenvalue weighted by molar-refractivity contribution is 6.08. The number of hydrogen-bond acceptors (Lipinski definition) is 2. The quantitative estimate of drug-likeness (QED) is 0.771. The molecular weight excluding hydrogens is 248 g/mol. The van der Waals surface area contributed by atoms with Crippen LogP contribution in [0.25, 0.3) is 0 Å². The van der Waals surface area contributed by atoms with E-state index >= 15 is 0 Å². The highest BCUT2D eigenvalue weighted by Gasteiger charge is 2.12. The molecule has 0 aromatic heterocycles. The van der Waals surface area contributed by atoms with Gasteiger partial charge in [-0.2, -0.15) is 0 Å². The molecule has 2 heteroatoms. The molecule has 0 fully saturated rings. The SMILES string of the molecule is CC(C)(C)COc1ccc(C(=O)c2ccccc2)cc1. The number of carbonyl (C=O) groups excluding carboxylic acids is 1. The maximum Gasteiger partial charge on any atom is 0.193 e. The Morgan fingerprint density at radius 1 is 0.900 bits per heavy atom. The van der Waals surface area contributed by atoms with Gasteiger partial charge in [-0.05, 0) is 29.7 Å². The van der Waals surface area contributed by atoms with Crippen LogP contribution in [0.15, 0.2) is 54.6 Å². The van der Waals surface area contributed by atoms with E-state index < -0.39 is 0 Å². The highest BCUT2D eigenvalue weighted by Crippen LogP contribution is 2.19. The Hall–Kier alpha value is -2.09. The fraction of sp³-hybridized carbons (Fsp3) is 0.278. The summed E-state index contributed by atoms with van der Waals surface area (Å²) in [4.78, 5) is 12.2. The average Bonchev–Trinajstić information content (AvgIpc) is 2.45. The van der Waals surface area contributed by atoms with E-state index in [1.165, 1.54) is 0 Å². The normalized spacial score (nSPS) is 11.2. The van der Waals surface area contributed by atoms with Crippen LogP contribution in [0, 0.1) is 5.41 Å². The van der Waals surface area contributed by atoms with E-state index in [2.05, 4.69) is 20.8 Å². The highest BCUT2D eigenvalue weighted by atomic mass is 16.5. The molecule has 0 heterocycles. The van der Waals surface area contributed by atoms with Gasteiger partial charge in [0.15, 0.2) is 5.78 Å². The van der Waals surface area contributed by atoms with Crippen LogP contribution in [0.4, 0.5) is 0 Å². The van der Waals surface area contributed by atoms with Crippen LogP contribution in [0.2, 0.25) is 0 Å². The zero-order chi connectivity index (χ0) is 14.6. The Kier molecular flexibility index (Phi) is 4.23. The summed E-state index contributed by atoms with van der Waals surface area (Å²) < 4.78 is 5.70. The summed E-state index contributed by atoms with van der Waals surface area (Å²) in [6.07, 6.45) is 0. The van der Waals surface area contributed by atoms with E-state index in [1.54, 1.807) is 0 Å². The first-order valence-corrected chi connectivity index (χ1v) is 6.78. The lowest BCUT2D eigenvalue weighted by molar-refractivity contribution is 0.103. The minimum atomic E-state index is 0.0352. The number of benzene rings is 2. The predicted octanol–water partition coefficient (Wildman–Crippen LogP) is 4.34. The van der Waals surface area contributed by atoms with Crippen LogP contribution in [-0.4, -0.2) is 12.4 Å². The van der Waals surface area contributed by atoms with Gasteiger partial charge in [0.1, 0.15) is 5.75 Å². The largest absolute Gasteiger partial charge is 0.493 e. The molecule has 0 bridgehead atoms. The van der Waals surface area contributed by atoms with E-state index in [9.17, 15) is 4.79 Å². The van der Waals surface area contributed by atoms with Crippen molar-refractivity contribution in [2.75, 3.05) is 6.61 Å². The van der Waals surface area contributed by atoms with E-state index in [-0.39, 0.29) is 11.2 Å². The topological polar surface area (TPSA) is 26.3 Å². The van der Waals surface area contributed by atoms with Crippen LogP contribution in [0.1, 0.15) is 36.7 Å². The molecule has 0 aliphatic carbocycles. The Bertz CT molecular complexity index is 563. The van der Waals surface area contributed by atoms with Gasteiger partial charge in [0.05, 0.1) is 6.61 Å². The zero-order valence-electron chi connectivity index (χ0n) is 12.2. The molecule has 0 unspecified atom stereocenters. The molecule has 0 aliphatic heterocycles. The molecule has 0 spiro atoms. The van der Waals surface area contributed by atoms with Gasteiger partial charge in [-0.25, -0.2) is 0 Å². The van der Waals surface area contributed by atoms with Gasteiger partial charge < -0.3 is 4.74 Å². The third-order valence-electron chi connectivity index (χ3n) is 2.82. The third kappa shape index (κ3) is 3.95. The molecule has 0 atom stereocenters. The van der Waals surface area contributed by atoms with Gasteiger partial charge in [-0.1, -0.05) is 51.1 Å². The van der Waals surface area contributed by atoms with Crippen molar-refractivity contribution in [1.29, 1.82) is 0 Å². The lowest BCUT2D eigenvalue weighted by Crippen LogP contribution is -2.16. The number of ketones is 1. The maximum absolute atomic E-state index is 12.2. The summed E-state index contributed by atoms with van der Waals surface area (Å²) >= 11 is 0. The summed E-state index contributed by atoms with van der Waals surface area (Å²) in [7, 11) is 0. The summed E-state index contributed by atoms with van der Waals surface area (Å²) in [6.45, 7) is 7.03. The molecule has 20 heavy (non-hydrogen) atoms. The molecule has 0 saturated heterocycles. The van der Waals surface area contributed by atoms with Crippen molar-refractivity contribution in [2.24, 2.45) is 5.41 Å². The maximum atomic E-state index is 12.2. The van der Waals surface area contributed by atoms with Crippen LogP contribution in [0.5, 0.6) is 5.75 Å². The first-order valence-electron chi connectivity index (χ1n) is 6.78. The molecule has 104 valence electrons. The molecule has 2 aromatic rings. The fourth-order valence-electron chi connectivity index (χ4n) is 1.76. The van der Waals surface area contributed by atoms with Gasteiger partial charge in [0.2, 0.25) is 0 Å². The standard InChI is InChI=1S/C18H20O2/c1-18(2,3)13-20-16-11-9-15(10-12-16)17(19)14-7-5-4-6-8-14/h4-12H,13H2,1-3H3. The lowest BCUT2D eigenvalue weighted by atomic mass is 9.98. The molecule has 2 aromatic carbocycles. The molecule has 0 N–H and O–H groups in total. The van der Waals surface area contributed by atoms with E-state index in [0.29, 0.717) is 17.7 Å². The molecular formula is C18H20O2.